The number of rotatable bonds is 8. The summed E-state index contributed by atoms with van der Waals surface area (Å²) >= 11 is 13.7. The second-order valence-electron chi connectivity index (χ2n) is 7.10. The Kier molecular flexibility index (Phi) is 7.47. The summed E-state index contributed by atoms with van der Waals surface area (Å²) in [6.07, 6.45) is 1.55. The lowest BCUT2D eigenvalue weighted by Crippen LogP contribution is -2.22. The van der Waals surface area contributed by atoms with Gasteiger partial charge in [-0.25, -0.2) is 9.37 Å². The standard InChI is InChI=1S/C23H19Cl2FN4O2S/c1-2-32-21(31)17(12-16-18(25)7-4-8-19(16)26)20-9-10-27-22-28-23(29-30(20)22)33-13-14-5-3-6-15(24)11-14/h3-11,17H,2,12-13H2,1H3. The van der Waals surface area contributed by atoms with Crippen LogP contribution in [-0.2, 0) is 21.7 Å². The van der Waals surface area contributed by atoms with Gasteiger partial charge in [-0.1, -0.05) is 53.2 Å². The monoisotopic (exact) mass is 504 g/mol. The average molecular weight is 505 g/mol. The van der Waals surface area contributed by atoms with Gasteiger partial charge in [-0.15, -0.1) is 5.10 Å². The van der Waals surface area contributed by atoms with Crippen molar-refractivity contribution in [2.24, 2.45) is 0 Å². The van der Waals surface area contributed by atoms with Crippen molar-refractivity contribution >= 4 is 46.7 Å². The highest BCUT2D eigenvalue weighted by Crippen LogP contribution is 2.29. The van der Waals surface area contributed by atoms with Crippen molar-refractivity contribution in [2.45, 2.75) is 30.2 Å². The Morgan fingerprint density at radius 1 is 1.21 bits per heavy atom. The Labute approximate surface area is 204 Å². The van der Waals surface area contributed by atoms with Gasteiger partial charge in [0.1, 0.15) is 11.7 Å². The molecule has 0 aliphatic rings. The highest BCUT2D eigenvalue weighted by Gasteiger charge is 2.28. The molecule has 0 saturated heterocycles. The number of thioether (sulfide) groups is 1. The number of halogens is 3. The molecule has 0 fully saturated rings. The minimum atomic E-state index is -0.850. The molecule has 0 aliphatic heterocycles. The molecule has 0 aliphatic carbocycles. The van der Waals surface area contributed by atoms with Crippen molar-refractivity contribution in [1.82, 2.24) is 19.6 Å². The molecule has 2 aromatic carbocycles. The molecular formula is C23H19Cl2FN4O2S. The normalized spacial score (nSPS) is 12.1. The summed E-state index contributed by atoms with van der Waals surface area (Å²) in [7, 11) is 0. The van der Waals surface area contributed by atoms with Gasteiger partial charge in [0, 0.05) is 27.6 Å². The molecule has 1 unspecified atom stereocenters. The van der Waals surface area contributed by atoms with Gasteiger partial charge in [0.05, 0.1) is 12.3 Å². The summed E-state index contributed by atoms with van der Waals surface area (Å²) in [6.45, 7) is 1.90. The third-order valence-electron chi connectivity index (χ3n) is 4.91. The number of nitrogens with zero attached hydrogens (tertiary/aromatic N) is 4. The second kappa shape index (κ2) is 10.5. The van der Waals surface area contributed by atoms with E-state index < -0.39 is 17.7 Å². The number of hydrogen-bond donors (Lipinski definition) is 0. The minimum Gasteiger partial charge on any atom is -0.465 e. The first-order valence-electron chi connectivity index (χ1n) is 10.1. The third-order valence-corrected chi connectivity index (χ3v) is 6.40. The molecule has 1 atom stereocenters. The molecule has 4 aromatic rings. The van der Waals surface area contributed by atoms with Gasteiger partial charge in [0.25, 0.3) is 5.78 Å². The van der Waals surface area contributed by atoms with E-state index in [-0.39, 0.29) is 23.6 Å². The van der Waals surface area contributed by atoms with Crippen LogP contribution in [0.5, 0.6) is 0 Å². The zero-order chi connectivity index (χ0) is 23.4. The first kappa shape index (κ1) is 23.5. The molecular weight excluding hydrogens is 486 g/mol. The number of benzene rings is 2. The Morgan fingerprint density at radius 2 is 2.03 bits per heavy atom. The first-order chi connectivity index (χ1) is 16.0. The maximum Gasteiger partial charge on any atom is 0.315 e. The molecule has 6 nitrogen and oxygen atoms in total. The van der Waals surface area contributed by atoms with Crippen LogP contribution in [0.15, 0.2) is 59.9 Å². The highest BCUT2D eigenvalue weighted by atomic mass is 35.5. The zero-order valence-corrected chi connectivity index (χ0v) is 19.9. The number of carbonyl (C=O) groups excluding carboxylic acids is 1. The van der Waals surface area contributed by atoms with Crippen LogP contribution in [0.4, 0.5) is 4.39 Å². The molecule has 0 saturated carbocycles. The number of fused-ring (bicyclic) bond motifs is 1. The van der Waals surface area contributed by atoms with Crippen molar-refractivity contribution in [2.75, 3.05) is 6.61 Å². The van der Waals surface area contributed by atoms with Crippen molar-refractivity contribution in [3.05, 3.63) is 87.4 Å². The molecule has 2 aromatic heterocycles. The maximum absolute atomic E-state index is 14.5. The topological polar surface area (TPSA) is 69.4 Å². The van der Waals surface area contributed by atoms with E-state index in [1.807, 2.05) is 24.3 Å². The predicted molar refractivity (Wildman–Crippen MR) is 126 cm³/mol. The van der Waals surface area contributed by atoms with Gasteiger partial charge in [-0.2, -0.15) is 9.50 Å². The van der Waals surface area contributed by atoms with E-state index in [4.69, 9.17) is 27.9 Å². The van der Waals surface area contributed by atoms with E-state index in [2.05, 4.69) is 15.1 Å². The fourth-order valence-electron chi connectivity index (χ4n) is 3.38. The molecule has 0 N–H and O–H groups in total. The Balaban J connectivity index is 1.67. The average Bonchev–Trinajstić information content (AvgIpc) is 3.21. The number of ether oxygens (including phenoxy) is 1. The highest BCUT2D eigenvalue weighted by molar-refractivity contribution is 7.98. The van der Waals surface area contributed by atoms with Gasteiger partial charge in [0.2, 0.25) is 5.16 Å². The predicted octanol–water partition coefficient (Wildman–Crippen LogP) is 5.75. The fraction of sp³-hybridized carbons (Fsp3) is 0.217. The summed E-state index contributed by atoms with van der Waals surface area (Å²) in [5.74, 6) is -0.905. The van der Waals surface area contributed by atoms with E-state index >= 15 is 0 Å². The van der Waals surface area contributed by atoms with E-state index in [1.165, 1.54) is 28.4 Å². The summed E-state index contributed by atoms with van der Waals surface area (Å²) in [4.78, 5) is 21.6. The Hall–Kier alpha value is -2.68. The van der Waals surface area contributed by atoms with Crippen molar-refractivity contribution in [3.8, 4) is 0 Å². The zero-order valence-electron chi connectivity index (χ0n) is 17.5. The van der Waals surface area contributed by atoms with E-state index in [0.717, 1.165) is 5.56 Å². The van der Waals surface area contributed by atoms with Crippen LogP contribution in [0.2, 0.25) is 10.0 Å². The Bertz CT molecular complexity index is 1280. The van der Waals surface area contributed by atoms with Gasteiger partial charge in [-0.3, -0.25) is 4.79 Å². The molecule has 2 heterocycles. The van der Waals surface area contributed by atoms with E-state index in [9.17, 15) is 9.18 Å². The third kappa shape index (κ3) is 5.46. The quantitative estimate of drug-likeness (QED) is 0.224. The summed E-state index contributed by atoms with van der Waals surface area (Å²) in [5, 5.41) is 5.92. The van der Waals surface area contributed by atoms with Crippen LogP contribution in [0.25, 0.3) is 5.78 Å². The van der Waals surface area contributed by atoms with Gasteiger partial charge >= 0.3 is 5.97 Å². The molecule has 0 radical (unpaired) electrons. The van der Waals surface area contributed by atoms with Gasteiger partial charge in [-0.05, 0) is 49.2 Å². The smallest absolute Gasteiger partial charge is 0.315 e. The molecule has 170 valence electrons. The minimum absolute atomic E-state index is 0.00824. The lowest BCUT2D eigenvalue weighted by Gasteiger charge is -2.17. The molecule has 0 bridgehead atoms. The van der Waals surface area contributed by atoms with Crippen molar-refractivity contribution in [1.29, 1.82) is 0 Å². The molecule has 0 amide bonds. The molecule has 4 rings (SSSR count). The molecule has 0 spiro atoms. The second-order valence-corrected chi connectivity index (χ2v) is 8.89. The SMILES string of the molecule is CCOC(=O)C(Cc1c(F)cccc1Cl)c1ccnc2nc(SCc3cccc(Cl)c3)nn12. The van der Waals surface area contributed by atoms with Crippen LogP contribution < -0.4 is 0 Å². The van der Waals surface area contributed by atoms with E-state index in [1.54, 1.807) is 25.3 Å². The molecule has 10 heteroatoms. The lowest BCUT2D eigenvalue weighted by molar-refractivity contribution is -0.145. The van der Waals surface area contributed by atoms with Gasteiger partial charge < -0.3 is 4.74 Å². The summed E-state index contributed by atoms with van der Waals surface area (Å²) < 4.78 is 21.3. The number of carbonyl (C=O) groups is 1. The van der Waals surface area contributed by atoms with Gasteiger partial charge in [0.15, 0.2) is 0 Å². The van der Waals surface area contributed by atoms with Crippen LogP contribution in [0.1, 0.15) is 29.7 Å². The lowest BCUT2D eigenvalue weighted by atomic mass is 9.95. The maximum atomic E-state index is 14.5. The van der Waals surface area contributed by atoms with Crippen LogP contribution >= 0.6 is 35.0 Å². The van der Waals surface area contributed by atoms with Crippen LogP contribution in [0.3, 0.4) is 0 Å². The Morgan fingerprint density at radius 3 is 2.79 bits per heavy atom. The van der Waals surface area contributed by atoms with Crippen LogP contribution in [-0.4, -0.2) is 32.2 Å². The first-order valence-corrected chi connectivity index (χ1v) is 11.9. The van der Waals surface area contributed by atoms with Crippen molar-refractivity contribution < 1.29 is 13.9 Å². The van der Waals surface area contributed by atoms with Crippen molar-refractivity contribution in [3.63, 3.8) is 0 Å². The number of aromatic nitrogens is 4. The molecule has 33 heavy (non-hydrogen) atoms. The van der Waals surface area contributed by atoms with Crippen LogP contribution in [0, 0.1) is 5.82 Å². The number of hydrogen-bond acceptors (Lipinski definition) is 6. The summed E-state index contributed by atoms with van der Waals surface area (Å²) in [5.41, 5.74) is 1.75. The fourth-order valence-corrected chi connectivity index (χ4v) is 4.59. The van der Waals surface area contributed by atoms with E-state index in [0.29, 0.717) is 27.4 Å². The number of esters is 1. The summed E-state index contributed by atoms with van der Waals surface area (Å²) in [6, 6.07) is 13.6. The largest absolute Gasteiger partial charge is 0.465 e.